The fourth-order valence-electron chi connectivity index (χ4n) is 1.68. The fraction of sp³-hybridized carbons (Fsp3) is 0.429. The number of alkyl halides is 3. The lowest BCUT2D eigenvalue weighted by molar-refractivity contribution is -0.138. The summed E-state index contributed by atoms with van der Waals surface area (Å²) in [4.78, 5) is 0. The van der Waals surface area contributed by atoms with Gasteiger partial charge in [0.05, 0.1) is 5.56 Å². The molecule has 1 nitrogen and oxygen atoms in total. The third-order valence-corrected chi connectivity index (χ3v) is 2.67. The van der Waals surface area contributed by atoms with Crippen LogP contribution in [0.25, 0.3) is 0 Å². The molecule has 0 radical (unpaired) electrons. The van der Waals surface area contributed by atoms with Crippen molar-refractivity contribution in [2.75, 3.05) is 6.54 Å². The zero-order chi connectivity index (χ0) is 13.8. The first-order chi connectivity index (χ1) is 8.32. The summed E-state index contributed by atoms with van der Waals surface area (Å²) in [5, 5.41) is 3.07. The van der Waals surface area contributed by atoms with Gasteiger partial charge in [0.15, 0.2) is 0 Å². The maximum absolute atomic E-state index is 12.8. The zero-order valence-corrected chi connectivity index (χ0v) is 10.8. The number of rotatable bonds is 4. The van der Waals surface area contributed by atoms with Crippen LogP contribution in [0.1, 0.15) is 37.9 Å². The van der Waals surface area contributed by atoms with Crippen molar-refractivity contribution in [3.8, 4) is 0 Å². The predicted molar refractivity (Wildman–Crippen MR) is 67.3 cm³/mol. The number of benzene rings is 1. The molecule has 0 aliphatic carbocycles. The zero-order valence-electron chi connectivity index (χ0n) is 10.8. The number of allylic oxidation sites excluding steroid dienone is 1. The van der Waals surface area contributed by atoms with E-state index in [9.17, 15) is 13.2 Å². The van der Waals surface area contributed by atoms with Gasteiger partial charge >= 0.3 is 6.18 Å². The Labute approximate surface area is 106 Å². The summed E-state index contributed by atoms with van der Waals surface area (Å²) in [5.74, 6) is 0. The second kappa shape index (κ2) is 6.05. The van der Waals surface area contributed by atoms with E-state index in [0.717, 1.165) is 11.6 Å². The van der Waals surface area contributed by atoms with Gasteiger partial charge in [-0.15, -0.1) is 0 Å². The first-order valence-corrected chi connectivity index (χ1v) is 5.85. The third-order valence-electron chi connectivity index (χ3n) is 2.67. The molecule has 0 bridgehead atoms. The van der Waals surface area contributed by atoms with E-state index in [0.29, 0.717) is 6.54 Å². The van der Waals surface area contributed by atoms with Gasteiger partial charge in [-0.3, -0.25) is 0 Å². The topological polar surface area (TPSA) is 12.0 Å². The van der Waals surface area contributed by atoms with E-state index in [1.807, 2.05) is 19.9 Å². The Morgan fingerprint density at radius 3 is 2.44 bits per heavy atom. The first-order valence-electron chi connectivity index (χ1n) is 5.85. The van der Waals surface area contributed by atoms with Gasteiger partial charge in [0.2, 0.25) is 0 Å². The molecule has 0 aromatic heterocycles. The SMILES string of the molecule is CC(C)=CCNC(C)c1ccccc1C(F)(F)F. The molecule has 1 rings (SSSR count). The molecule has 1 aromatic carbocycles. The standard InChI is InChI=1S/C14H18F3N/c1-10(2)8-9-18-11(3)12-6-4-5-7-13(12)14(15,16)17/h4-8,11,18H,9H2,1-3H3. The van der Waals surface area contributed by atoms with Crippen molar-refractivity contribution in [3.63, 3.8) is 0 Å². The Morgan fingerprint density at radius 1 is 1.28 bits per heavy atom. The highest BCUT2D eigenvalue weighted by Gasteiger charge is 2.33. The first kappa shape index (κ1) is 14.8. The van der Waals surface area contributed by atoms with Gasteiger partial charge in [-0.05, 0) is 32.4 Å². The summed E-state index contributed by atoms with van der Waals surface area (Å²) in [7, 11) is 0. The summed E-state index contributed by atoms with van der Waals surface area (Å²) >= 11 is 0. The van der Waals surface area contributed by atoms with Crippen molar-refractivity contribution in [3.05, 3.63) is 47.0 Å². The summed E-state index contributed by atoms with van der Waals surface area (Å²) in [5.41, 5.74) is 0.855. The Balaban J connectivity index is 2.86. The second-order valence-electron chi connectivity index (χ2n) is 4.50. The van der Waals surface area contributed by atoms with Gasteiger partial charge in [0.1, 0.15) is 0 Å². The van der Waals surface area contributed by atoms with E-state index in [-0.39, 0.29) is 11.6 Å². The van der Waals surface area contributed by atoms with Gasteiger partial charge in [-0.1, -0.05) is 29.8 Å². The Bertz CT molecular complexity index is 417. The van der Waals surface area contributed by atoms with Crippen molar-refractivity contribution < 1.29 is 13.2 Å². The van der Waals surface area contributed by atoms with Crippen LogP contribution in [0.15, 0.2) is 35.9 Å². The predicted octanol–water partition coefficient (Wildman–Crippen LogP) is 4.32. The number of halogens is 3. The van der Waals surface area contributed by atoms with E-state index < -0.39 is 11.7 Å². The van der Waals surface area contributed by atoms with Gasteiger partial charge < -0.3 is 5.32 Å². The van der Waals surface area contributed by atoms with Crippen LogP contribution in [0.4, 0.5) is 13.2 Å². The average molecular weight is 257 g/mol. The van der Waals surface area contributed by atoms with Crippen LogP contribution in [0.5, 0.6) is 0 Å². The van der Waals surface area contributed by atoms with Crippen LogP contribution in [-0.2, 0) is 6.18 Å². The molecule has 100 valence electrons. The molecule has 4 heteroatoms. The van der Waals surface area contributed by atoms with Gasteiger partial charge in [-0.25, -0.2) is 0 Å². The van der Waals surface area contributed by atoms with E-state index in [1.54, 1.807) is 13.0 Å². The number of nitrogens with one attached hydrogen (secondary N) is 1. The highest BCUT2D eigenvalue weighted by molar-refractivity contribution is 5.32. The third kappa shape index (κ3) is 4.18. The van der Waals surface area contributed by atoms with E-state index in [2.05, 4.69) is 5.32 Å². The van der Waals surface area contributed by atoms with Crippen LogP contribution in [-0.4, -0.2) is 6.54 Å². The number of hydrogen-bond donors (Lipinski definition) is 1. The van der Waals surface area contributed by atoms with Crippen molar-refractivity contribution in [2.24, 2.45) is 0 Å². The summed E-state index contributed by atoms with van der Waals surface area (Å²) in [6.45, 7) is 6.21. The molecule has 0 aliphatic rings. The molecule has 0 spiro atoms. The van der Waals surface area contributed by atoms with Crippen LogP contribution < -0.4 is 5.32 Å². The smallest absolute Gasteiger partial charge is 0.307 e. The van der Waals surface area contributed by atoms with Crippen molar-refractivity contribution in [1.29, 1.82) is 0 Å². The van der Waals surface area contributed by atoms with Crippen LogP contribution in [0.2, 0.25) is 0 Å². The van der Waals surface area contributed by atoms with Crippen LogP contribution in [0, 0.1) is 0 Å². The second-order valence-corrected chi connectivity index (χ2v) is 4.50. The Hall–Kier alpha value is -1.29. The van der Waals surface area contributed by atoms with E-state index in [1.165, 1.54) is 12.1 Å². The average Bonchev–Trinajstić information content (AvgIpc) is 2.27. The van der Waals surface area contributed by atoms with Gasteiger partial charge in [0.25, 0.3) is 0 Å². The minimum absolute atomic E-state index is 0.284. The Kier molecular flexibility index (Phi) is 4.96. The maximum atomic E-state index is 12.8. The molecule has 0 amide bonds. The van der Waals surface area contributed by atoms with Crippen LogP contribution >= 0.6 is 0 Å². The number of hydrogen-bond acceptors (Lipinski definition) is 1. The van der Waals surface area contributed by atoms with Crippen molar-refractivity contribution in [2.45, 2.75) is 33.0 Å². The molecule has 0 saturated heterocycles. The lowest BCUT2D eigenvalue weighted by Crippen LogP contribution is -2.22. The van der Waals surface area contributed by atoms with Crippen molar-refractivity contribution >= 4 is 0 Å². The van der Waals surface area contributed by atoms with Crippen LogP contribution in [0.3, 0.4) is 0 Å². The highest BCUT2D eigenvalue weighted by atomic mass is 19.4. The highest BCUT2D eigenvalue weighted by Crippen LogP contribution is 2.34. The molecule has 0 aliphatic heterocycles. The maximum Gasteiger partial charge on any atom is 0.416 e. The largest absolute Gasteiger partial charge is 0.416 e. The molecule has 0 saturated carbocycles. The molecule has 0 fully saturated rings. The summed E-state index contributed by atoms with van der Waals surface area (Å²) < 4.78 is 38.5. The monoisotopic (exact) mass is 257 g/mol. The molecule has 1 aromatic rings. The molecule has 1 N–H and O–H groups in total. The fourth-order valence-corrected chi connectivity index (χ4v) is 1.68. The minimum Gasteiger partial charge on any atom is -0.307 e. The molecular formula is C14H18F3N. The lowest BCUT2D eigenvalue weighted by atomic mass is 10.0. The molecule has 1 atom stereocenters. The minimum atomic E-state index is -4.30. The van der Waals surface area contributed by atoms with E-state index in [4.69, 9.17) is 0 Å². The Morgan fingerprint density at radius 2 is 1.89 bits per heavy atom. The van der Waals surface area contributed by atoms with Gasteiger partial charge in [-0.2, -0.15) is 13.2 Å². The van der Waals surface area contributed by atoms with Gasteiger partial charge in [0, 0.05) is 12.6 Å². The molecule has 1 unspecified atom stereocenters. The summed E-state index contributed by atoms with van der Waals surface area (Å²) in [6, 6.07) is 5.34. The molecule has 0 heterocycles. The summed E-state index contributed by atoms with van der Waals surface area (Å²) in [6.07, 6.45) is -2.35. The molecule has 18 heavy (non-hydrogen) atoms. The lowest BCUT2D eigenvalue weighted by Gasteiger charge is -2.18. The van der Waals surface area contributed by atoms with E-state index >= 15 is 0 Å². The molecular weight excluding hydrogens is 239 g/mol. The van der Waals surface area contributed by atoms with Crippen molar-refractivity contribution in [1.82, 2.24) is 5.32 Å². The normalized spacial score (nSPS) is 13.2. The quantitative estimate of drug-likeness (QED) is 0.792.